The van der Waals surface area contributed by atoms with Crippen molar-refractivity contribution in [2.75, 3.05) is 24.5 Å². The molecule has 0 spiro atoms. The average Bonchev–Trinajstić information content (AvgIpc) is 2.73. The summed E-state index contributed by atoms with van der Waals surface area (Å²) in [7, 11) is -2.85. The lowest BCUT2D eigenvalue weighted by molar-refractivity contribution is 0.486. The van der Waals surface area contributed by atoms with Crippen LogP contribution in [0.2, 0.25) is 0 Å². The van der Waals surface area contributed by atoms with Gasteiger partial charge in [-0.2, -0.15) is 0 Å². The van der Waals surface area contributed by atoms with Crippen molar-refractivity contribution in [1.29, 1.82) is 0 Å². The van der Waals surface area contributed by atoms with Gasteiger partial charge < -0.3 is 14.3 Å². The van der Waals surface area contributed by atoms with E-state index in [0.717, 1.165) is 11.5 Å². The van der Waals surface area contributed by atoms with E-state index in [4.69, 9.17) is 33.1 Å². The Morgan fingerprint density at radius 3 is 2.72 bits per heavy atom. The number of nitrogens with two attached hydrogens (primary N) is 1. The quantitative estimate of drug-likeness (QED) is 0.572. The molecule has 1 aromatic heterocycles. The van der Waals surface area contributed by atoms with Crippen LogP contribution in [0.25, 0.3) is 0 Å². The van der Waals surface area contributed by atoms with E-state index in [1.165, 1.54) is 0 Å². The van der Waals surface area contributed by atoms with Gasteiger partial charge in [-0.25, -0.2) is 0 Å². The molecule has 2 unspecified atom stereocenters. The highest BCUT2D eigenvalue weighted by Gasteiger charge is 2.27. The van der Waals surface area contributed by atoms with Gasteiger partial charge in [0.2, 0.25) is 0 Å². The van der Waals surface area contributed by atoms with Crippen molar-refractivity contribution >= 4 is 30.5 Å². The molecule has 0 fully saturated rings. The third-order valence-corrected chi connectivity index (χ3v) is 5.71. The standard InChI is InChI=1S/C11H19Cl2N2O2P/c1-9-2-3-10(17-9)4-7-18(14,16)11(8-13)15-6-5-12/h2-3,11,15H,4-8H2,1H3,(H2,14,16). The first-order valence-electron chi connectivity index (χ1n) is 5.77. The lowest BCUT2D eigenvalue weighted by Gasteiger charge is -2.22. The van der Waals surface area contributed by atoms with Gasteiger partial charge in [-0.05, 0) is 19.1 Å². The van der Waals surface area contributed by atoms with Gasteiger partial charge in [0.15, 0.2) is 7.29 Å². The maximum absolute atomic E-state index is 12.4. The van der Waals surface area contributed by atoms with Crippen LogP contribution in [0.1, 0.15) is 11.5 Å². The van der Waals surface area contributed by atoms with Crippen LogP contribution < -0.4 is 10.8 Å². The summed E-state index contributed by atoms with van der Waals surface area (Å²) in [6, 6.07) is 3.75. The molecule has 0 aliphatic carbocycles. The zero-order valence-corrected chi connectivity index (χ0v) is 12.8. The van der Waals surface area contributed by atoms with Gasteiger partial charge >= 0.3 is 0 Å². The van der Waals surface area contributed by atoms with Gasteiger partial charge in [0.1, 0.15) is 11.5 Å². The van der Waals surface area contributed by atoms with E-state index in [-0.39, 0.29) is 5.88 Å². The van der Waals surface area contributed by atoms with Crippen LogP contribution >= 0.6 is 30.5 Å². The largest absolute Gasteiger partial charge is 0.466 e. The molecule has 0 amide bonds. The third-order valence-electron chi connectivity index (χ3n) is 2.65. The molecule has 4 nitrogen and oxygen atoms in total. The number of alkyl halides is 2. The van der Waals surface area contributed by atoms with Gasteiger partial charge in [-0.1, -0.05) is 0 Å². The minimum Gasteiger partial charge on any atom is -0.466 e. The van der Waals surface area contributed by atoms with Crippen LogP contribution in [0.15, 0.2) is 16.5 Å². The number of furan rings is 1. The predicted octanol–water partition coefficient (Wildman–Crippen LogP) is 2.76. The molecule has 0 saturated carbocycles. The SMILES string of the molecule is Cc1ccc(CCP(N)(=O)C(CCl)NCCCl)o1. The molecule has 1 heterocycles. The summed E-state index contributed by atoms with van der Waals surface area (Å²) in [6.07, 6.45) is 0.921. The van der Waals surface area contributed by atoms with Gasteiger partial charge in [0, 0.05) is 30.9 Å². The van der Waals surface area contributed by atoms with Crippen LogP contribution in [0.3, 0.4) is 0 Å². The topological polar surface area (TPSA) is 68.3 Å². The highest BCUT2D eigenvalue weighted by Crippen LogP contribution is 2.42. The van der Waals surface area contributed by atoms with Crippen molar-refractivity contribution in [3.63, 3.8) is 0 Å². The fourth-order valence-corrected chi connectivity index (χ4v) is 4.08. The summed E-state index contributed by atoms with van der Waals surface area (Å²) in [5.74, 6) is 1.89. The van der Waals surface area contributed by atoms with E-state index in [9.17, 15) is 4.57 Å². The molecule has 0 saturated heterocycles. The van der Waals surface area contributed by atoms with Crippen LogP contribution in [0.5, 0.6) is 0 Å². The Labute approximate surface area is 118 Å². The summed E-state index contributed by atoms with van der Waals surface area (Å²) < 4.78 is 17.8. The summed E-state index contributed by atoms with van der Waals surface area (Å²) in [5, 5.41) is 3.02. The van der Waals surface area contributed by atoms with Crippen molar-refractivity contribution in [2.45, 2.75) is 19.1 Å². The van der Waals surface area contributed by atoms with E-state index < -0.39 is 13.1 Å². The Hall–Kier alpha value is 0.01000. The molecule has 104 valence electrons. The predicted molar refractivity (Wildman–Crippen MR) is 77.0 cm³/mol. The smallest absolute Gasteiger partial charge is 0.163 e. The first kappa shape index (κ1) is 16.1. The minimum atomic E-state index is -2.85. The zero-order chi connectivity index (χ0) is 13.6. The fourth-order valence-electron chi connectivity index (χ4n) is 1.61. The number of nitrogens with one attached hydrogen (secondary N) is 1. The van der Waals surface area contributed by atoms with E-state index in [1.807, 2.05) is 19.1 Å². The normalized spacial score (nSPS) is 16.4. The molecule has 0 radical (unpaired) electrons. The number of halogens is 2. The monoisotopic (exact) mass is 312 g/mol. The molecule has 0 aromatic carbocycles. The lowest BCUT2D eigenvalue weighted by Crippen LogP contribution is -2.35. The van der Waals surface area contributed by atoms with Crippen molar-refractivity contribution in [2.24, 2.45) is 5.50 Å². The second-order valence-corrected chi connectivity index (χ2v) is 7.62. The summed E-state index contributed by atoms with van der Waals surface area (Å²) in [6.45, 7) is 2.41. The number of aryl methyl sites for hydroxylation is 2. The van der Waals surface area contributed by atoms with E-state index in [1.54, 1.807) is 0 Å². The first-order valence-corrected chi connectivity index (χ1v) is 8.87. The van der Waals surface area contributed by atoms with Crippen LogP contribution in [-0.4, -0.2) is 30.2 Å². The van der Waals surface area contributed by atoms with Gasteiger partial charge in [-0.3, -0.25) is 5.50 Å². The molecular formula is C11H19Cl2N2O2P. The second kappa shape index (κ2) is 7.56. The van der Waals surface area contributed by atoms with Crippen molar-refractivity contribution in [1.82, 2.24) is 5.32 Å². The molecule has 1 rings (SSSR count). The number of hydrogen-bond donors (Lipinski definition) is 2. The Bertz CT molecular complexity index is 412. The van der Waals surface area contributed by atoms with Crippen LogP contribution in [0.4, 0.5) is 0 Å². The van der Waals surface area contributed by atoms with E-state index in [0.29, 0.717) is 25.0 Å². The fraction of sp³-hybridized carbons (Fsp3) is 0.636. The van der Waals surface area contributed by atoms with Gasteiger partial charge in [-0.15, -0.1) is 23.2 Å². The zero-order valence-electron chi connectivity index (χ0n) is 10.4. The van der Waals surface area contributed by atoms with E-state index in [2.05, 4.69) is 5.32 Å². The first-order chi connectivity index (χ1) is 8.49. The Balaban J connectivity index is 2.53. The maximum atomic E-state index is 12.4. The molecule has 1 aromatic rings. The molecule has 7 heteroatoms. The lowest BCUT2D eigenvalue weighted by atomic mass is 10.4. The van der Waals surface area contributed by atoms with E-state index >= 15 is 0 Å². The van der Waals surface area contributed by atoms with Gasteiger partial charge in [0.25, 0.3) is 0 Å². The third kappa shape index (κ3) is 4.94. The Morgan fingerprint density at radius 2 is 2.22 bits per heavy atom. The highest BCUT2D eigenvalue weighted by molar-refractivity contribution is 7.62. The Kier molecular flexibility index (Phi) is 6.75. The summed E-state index contributed by atoms with van der Waals surface area (Å²) >= 11 is 11.4. The number of rotatable bonds is 8. The summed E-state index contributed by atoms with van der Waals surface area (Å²) in [5.41, 5.74) is 5.89. The average molecular weight is 313 g/mol. The molecule has 2 atom stereocenters. The minimum absolute atomic E-state index is 0.210. The molecule has 0 bridgehead atoms. The van der Waals surface area contributed by atoms with Crippen molar-refractivity contribution in [3.8, 4) is 0 Å². The van der Waals surface area contributed by atoms with Crippen LogP contribution in [-0.2, 0) is 11.0 Å². The molecule has 0 aliphatic rings. The molecule has 3 N–H and O–H groups in total. The van der Waals surface area contributed by atoms with Crippen molar-refractivity contribution < 1.29 is 8.98 Å². The van der Waals surface area contributed by atoms with Crippen LogP contribution in [0, 0.1) is 6.92 Å². The molecule has 0 aliphatic heterocycles. The molecule has 18 heavy (non-hydrogen) atoms. The van der Waals surface area contributed by atoms with Gasteiger partial charge in [0.05, 0.1) is 5.78 Å². The second-order valence-electron chi connectivity index (χ2n) is 4.15. The Morgan fingerprint density at radius 1 is 1.50 bits per heavy atom. The highest BCUT2D eigenvalue weighted by atomic mass is 35.5. The molecular weight excluding hydrogens is 294 g/mol. The number of hydrogen-bond acceptors (Lipinski definition) is 3. The van der Waals surface area contributed by atoms with Crippen molar-refractivity contribution in [3.05, 3.63) is 23.7 Å². The summed E-state index contributed by atoms with van der Waals surface area (Å²) in [4.78, 5) is 0. The maximum Gasteiger partial charge on any atom is 0.163 e.